The Morgan fingerprint density at radius 3 is 2.15 bits per heavy atom. The minimum absolute atomic E-state index is 0.364. The van der Waals surface area contributed by atoms with Gasteiger partial charge in [-0.05, 0) is 31.0 Å². The second-order valence-electron chi connectivity index (χ2n) is 7.98. The molecule has 1 aliphatic carbocycles. The number of nitrogens with zero attached hydrogens (tertiary/aromatic N) is 3. The van der Waals surface area contributed by atoms with Crippen molar-refractivity contribution in [3.05, 3.63) is 42.0 Å². The van der Waals surface area contributed by atoms with Crippen molar-refractivity contribution in [1.29, 1.82) is 0 Å². The molecule has 0 unspecified atom stereocenters. The van der Waals surface area contributed by atoms with Gasteiger partial charge < -0.3 is 18.9 Å². The molecule has 2 aromatic carbocycles. The second kappa shape index (κ2) is 10.8. The molecular formula is C25H31N3O4S. The smallest absolute Gasteiger partial charge is 0.203 e. The number of thioether (sulfide) groups is 1. The summed E-state index contributed by atoms with van der Waals surface area (Å²) in [5, 5.41) is 10.2. The summed E-state index contributed by atoms with van der Waals surface area (Å²) in [6.07, 6.45) is 5.96. The third-order valence-electron chi connectivity index (χ3n) is 6.08. The van der Waals surface area contributed by atoms with Crippen LogP contribution in [0.25, 0.3) is 11.4 Å². The van der Waals surface area contributed by atoms with Gasteiger partial charge in [0.25, 0.3) is 0 Å². The lowest BCUT2D eigenvalue weighted by molar-refractivity contribution is 0.324. The highest BCUT2D eigenvalue weighted by Gasteiger charge is 2.26. The van der Waals surface area contributed by atoms with E-state index in [4.69, 9.17) is 18.9 Å². The van der Waals surface area contributed by atoms with E-state index in [0.29, 0.717) is 23.3 Å². The Bertz CT molecular complexity index is 1050. The van der Waals surface area contributed by atoms with Crippen molar-refractivity contribution < 1.29 is 18.9 Å². The van der Waals surface area contributed by atoms with E-state index < -0.39 is 0 Å². The van der Waals surface area contributed by atoms with Crippen LogP contribution >= 0.6 is 11.8 Å². The van der Waals surface area contributed by atoms with E-state index >= 15 is 0 Å². The summed E-state index contributed by atoms with van der Waals surface area (Å²) in [7, 11) is 6.57. The molecule has 0 bridgehead atoms. The largest absolute Gasteiger partial charge is 0.496 e. The van der Waals surface area contributed by atoms with Crippen molar-refractivity contribution in [1.82, 2.24) is 14.8 Å². The maximum Gasteiger partial charge on any atom is 0.203 e. The third-order valence-corrected chi connectivity index (χ3v) is 7.07. The number of rotatable bonds is 9. The highest BCUT2D eigenvalue weighted by molar-refractivity contribution is 7.98. The molecule has 0 aliphatic heterocycles. The first-order valence-corrected chi connectivity index (χ1v) is 12.2. The van der Waals surface area contributed by atoms with Gasteiger partial charge in [0.05, 0.1) is 28.4 Å². The number of aromatic nitrogens is 3. The van der Waals surface area contributed by atoms with E-state index in [1.165, 1.54) is 19.3 Å². The zero-order valence-corrected chi connectivity index (χ0v) is 20.5. The van der Waals surface area contributed by atoms with Gasteiger partial charge in [0, 0.05) is 22.9 Å². The van der Waals surface area contributed by atoms with Crippen LogP contribution in [0.3, 0.4) is 0 Å². The van der Waals surface area contributed by atoms with E-state index in [-0.39, 0.29) is 0 Å². The van der Waals surface area contributed by atoms with Gasteiger partial charge in [0.1, 0.15) is 5.75 Å². The number of ether oxygens (including phenoxy) is 4. The van der Waals surface area contributed by atoms with Gasteiger partial charge >= 0.3 is 0 Å². The maximum absolute atomic E-state index is 5.58. The van der Waals surface area contributed by atoms with Crippen molar-refractivity contribution in [2.24, 2.45) is 0 Å². The highest BCUT2D eigenvalue weighted by atomic mass is 32.2. The van der Waals surface area contributed by atoms with E-state index in [9.17, 15) is 0 Å². The Balaban J connectivity index is 1.74. The summed E-state index contributed by atoms with van der Waals surface area (Å²) in [5.74, 6) is 4.24. The summed E-state index contributed by atoms with van der Waals surface area (Å²) in [5.41, 5.74) is 2.03. The Morgan fingerprint density at radius 2 is 1.52 bits per heavy atom. The number of para-hydroxylation sites is 1. The maximum atomic E-state index is 5.58. The molecule has 0 saturated heterocycles. The molecule has 0 spiro atoms. The summed E-state index contributed by atoms with van der Waals surface area (Å²) in [6, 6.07) is 12.4. The lowest BCUT2D eigenvalue weighted by Gasteiger charge is -2.26. The average molecular weight is 470 g/mol. The molecule has 7 nitrogen and oxygen atoms in total. The molecule has 8 heteroatoms. The first-order chi connectivity index (χ1) is 16.2. The fourth-order valence-electron chi connectivity index (χ4n) is 4.42. The molecule has 0 amide bonds. The first-order valence-electron chi connectivity index (χ1n) is 11.2. The molecule has 1 aromatic heterocycles. The van der Waals surface area contributed by atoms with Crippen molar-refractivity contribution in [2.75, 3.05) is 28.4 Å². The van der Waals surface area contributed by atoms with Gasteiger partial charge in [-0.15, -0.1) is 10.2 Å². The molecule has 4 rings (SSSR count). The van der Waals surface area contributed by atoms with Gasteiger partial charge in [-0.3, -0.25) is 4.57 Å². The van der Waals surface area contributed by atoms with Crippen molar-refractivity contribution >= 4 is 11.8 Å². The molecular weight excluding hydrogens is 438 g/mol. The molecule has 3 aromatic rings. The Kier molecular flexibility index (Phi) is 7.65. The van der Waals surface area contributed by atoms with Crippen molar-refractivity contribution in [3.8, 4) is 34.4 Å². The van der Waals surface area contributed by atoms with Crippen LogP contribution in [0.4, 0.5) is 0 Å². The molecule has 176 valence electrons. The molecule has 1 fully saturated rings. The lowest BCUT2D eigenvalue weighted by Crippen LogP contribution is -2.15. The Labute approximate surface area is 199 Å². The van der Waals surface area contributed by atoms with Crippen molar-refractivity contribution in [3.63, 3.8) is 0 Å². The predicted molar refractivity (Wildman–Crippen MR) is 130 cm³/mol. The minimum Gasteiger partial charge on any atom is -0.496 e. The summed E-state index contributed by atoms with van der Waals surface area (Å²) in [6.45, 7) is 0. The summed E-state index contributed by atoms with van der Waals surface area (Å²) in [4.78, 5) is 0. The van der Waals surface area contributed by atoms with Crippen molar-refractivity contribution in [2.45, 2.75) is 49.1 Å². The topological polar surface area (TPSA) is 67.6 Å². The average Bonchev–Trinajstić information content (AvgIpc) is 3.31. The monoisotopic (exact) mass is 469 g/mol. The molecule has 1 saturated carbocycles. The third kappa shape index (κ3) is 4.90. The Hall–Kier alpha value is -2.87. The van der Waals surface area contributed by atoms with Crippen LogP contribution in [-0.2, 0) is 5.75 Å². The van der Waals surface area contributed by atoms with Gasteiger partial charge in [0.15, 0.2) is 22.5 Å². The van der Waals surface area contributed by atoms with Crippen LogP contribution < -0.4 is 18.9 Å². The molecule has 0 radical (unpaired) electrons. The van der Waals surface area contributed by atoms with Crippen LogP contribution in [0, 0.1) is 0 Å². The quantitative estimate of drug-likeness (QED) is 0.368. The molecule has 1 heterocycles. The molecule has 33 heavy (non-hydrogen) atoms. The molecule has 0 N–H and O–H groups in total. The van der Waals surface area contributed by atoms with Crippen LogP contribution in [0.1, 0.15) is 43.7 Å². The predicted octanol–water partition coefficient (Wildman–Crippen LogP) is 5.78. The van der Waals surface area contributed by atoms with Crippen LogP contribution in [0.15, 0.2) is 41.6 Å². The lowest BCUT2D eigenvalue weighted by atomic mass is 9.95. The van der Waals surface area contributed by atoms with Crippen LogP contribution in [-0.4, -0.2) is 43.2 Å². The normalized spacial score (nSPS) is 14.2. The number of hydrogen-bond donors (Lipinski definition) is 0. The van der Waals surface area contributed by atoms with Gasteiger partial charge in [-0.25, -0.2) is 0 Å². The Morgan fingerprint density at radius 1 is 0.848 bits per heavy atom. The van der Waals surface area contributed by atoms with Gasteiger partial charge in [0.2, 0.25) is 5.75 Å². The fraction of sp³-hybridized carbons (Fsp3) is 0.440. The first kappa shape index (κ1) is 23.3. The highest BCUT2D eigenvalue weighted by Crippen LogP contribution is 2.43. The van der Waals surface area contributed by atoms with E-state index in [0.717, 1.165) is 46.5 Å². The van der Waals surface area contributed by atoms with Crippen LogP contribution in [0.2, 0.25) is 0 Å². The number of benzene rings is 2. The molecule has 0 atom stereocenters. The zero-order valence-electron chi connectivity index (χ0n) is 19.7. The summed E-state index contributed by atoms with van der Waals surface area (Å²) >= 11 is 1.69. The minimum atomic E-state index is 0.364. The van der Waals surface area contributed by atoms with E-state index in [2.05, 4.69) is 20.8 Å². The van der Waals surface area contributed by atoms with Gasteiger partial charge in [-0.2, -0.15) is 0 Å². The standard InChI is InChI=1S/C25H31N3O4S/c1-29-20-13-9-8-10-17(20)16-33-25-27-26-24(28(25)19-11-6-5-7-12-19)18-14-21(30-2)23(32-4)22(15-18)31-3/h8-10,13-15,19H,5-7,11-12,16H2,1-4H3. The number of methoxy groups -OCH3 is 4. The molecule has 1 aliphatic rings. The SMILES string of the molecule is COc1ccccc1CSc1nnc(-c2cc(OC)c(OC)c(OC)c2)n1C1CCCCC1. The van der Waals surface area contributed by atoms with E-state index in [1.54, 1.807) is 40.2 Å². The van der Waals surface area contributed by atoms with Gasteiger partial charge in [-0.1, -0.05) is 49.2 Å². The number of hydrogen-bond acceptors (Lipinski definition) is 7. The zero-order chi connectivity index (χ0) is 23.2. The second-order valence-corrected chi connectivity index (χ2v) is 8.93. The summed E-state index contributed by atoms with van der Waals surface area (Å²) < 4.78 is 24.5. The fourth-order valence-corrected chi connectivity index (χ4v) is 5.41. The van der Waals surface area contributed by atoms with Crippen LogP contribution in [0.5, 0.6) is 23.0 Å². The van der Waals surface area contributed by atoms with E-state index in [1.807, 2.05) is 30.3 Å².